The van der Waals surface area contributed by atoms with Crippen molar-refractivity contribution in [3.05, 3.63) is 29.8 Å². The van der Waals surface area contributed by atoms with Crippen LogP contribution in [0.3, 0.4) is 0 Å². The second-order valence-corrected chi connectivity index (χ2v) is 4.73. The van der Waals surface area contributed by atoms with Crippen molar-refractivity contribution in [2.24, 2.45) is 0 Å². The maximum Gasteiger partial charge on any atom is 0.299 e. The molecule has 0 radical (unpaired) electrons. The van der Waals surface area contributed by atoms with Crippen molar-refractivity contribution in [2.75, 3.05) is 37.7 Å². The van der Waals surface area contributed by atoms with E-state index in [1.54, 1.807) is 29.2 Å². The molecule has 3 rings (SSSR count). The summed E-state index contributed by atoms with van der Waals surface area (Å²) in [5, 5.41) is 0. The van der Waals surface area contributed by atoms with Crippen LogP contribution < -0.4 is 4.90 Å². The summed E-state index contributed by atoms with van der Waals surface area (Å²) in [6.07, 6.45) is 0. The number of Topliss-reactive ketones (excluding diaryl/α,β-unsaturated/α-hetero) is 1. The maximum atomic E-state index is 12.2. The molecule has 0 spiro atoms. The number of carbonyl (C=O) groups is 3. The fraction of sp³-hybridized carbons (Fsp3) is 0.357. The number of anilines is 1. The number of hydrogen-bond acceptors (Lipinski definition) is 4. The third-order valence-electron chi connectivity index (χ3n) is 3.54. The Morgan fingerprint density at radius 1 is 1.15 bits per heavy atom. The fourth-order valence-corrected chi connectivity index (χ4v) is 2.45. The highest BCUT2D eigenvalue weighted by atomic mass is 16.5. The number of nitrogens with zero attached hydrogens (tertiary/aromatic N) is 2. The lowest BCUT2D eigenvalue weighted by atomic mass is 10.1. The Balaban J connectivity index is 1.79. The van der Waals surface area contributed by atoms with E-state index in [2.05, 4.69) is 0 Å². The van der Waals surface area contributed by atoms with Crippen LogP contribution >= 0.6 is 0 Å². The molecule has 2 amide bonds. The Labute approximate surface area is 115 Å². The summed E-state index contributed by atoms with van der Waals surface area (Å²) in [6, 6.07) is 6.74. The number of morpholine rings is 1. The Hall–Kier alpha value is -2.21. The minimum Gasteiger partial charge on any atom is -0.378 e. The van der Waals surface area contributed by atoms with E-state index < -0.39 is 11.7 Å². The fourth-order valence-electron chi connectivity index (χ4n) is 2.45. The van der Waals surface area contributed by atoms with Crippen molar-refractivity contribution < 1.29 is 19.1 Å². The molecule has 1 aromatic rings. The molecule has 0 bridgehead atoms. The molecule has 0 aromatic heterocycles. The summed E-state index contributed by atoms with van der Waals surface area (Å²) in [7, 11) is 0. The standard InChI is InChI=1S/C14H14N2O4/c17-12(15-5-7-20-8-6-15)9-16-11-4-2-1-3-10(11)13(18)14(16)19/h1-4H,5-9H2. The van der Waals surface area contributed by atoms with Crippen LogP contribution in [0.1, 0.15) is 10.4 Å². The molecule has 0 atom stereocenters. The minimum absolute atomic E-state index is 0.0956. The highest BCUT2D eigenvalue weighted by molar-refractivity contribution is 6.52. The minimum atomic E-state index is -0.632. The molecule has 104 valence electrons. The zero-order chi connectivity index (χ0) is 14.1. The first-order valence-corrected chi connectivity index (χ1v) is 6.49. The molecule has 6 heteroatoms. The Morgan fingerprint density at radius 2 is 1.85 bits per heavy atom. The van der Waals surface area contributed by atoms with Crippen molar-refractivity contribution in [1.29, 1.82) is 0 Å². The largest absolute Gasteiger partial charge is 0.378 e. The van der Waals surface area contributed by atoms with Crippen molar-refractivity contribution in [3.8, 4) is 0 Å². The van der Waals surface area contributed by atoms with Gasteiger partial charge in [0.15, 0.2) is 0 Å². The maximum absolute atomic E-state index is 12.2. The molecule has 2 aliphatic heterocycles. The lowest BCUT2D eigenvalue weighted by molar-refractivity contribution is -0.134. The third-order valence-corrected chi connectivity index (χ3v) is 3.54. The molecule has 6 nitrogen and oxygen atoms in total. The van der Waals surface area contributed by atoms with Crippen LogP contribution in [0.4, 0.5) is 5.69 Å². The molecule has 0 N–H and O–H groups in total. The molecule has 0 saturated carbocycles. The van der Waals surface area contributed by atoms with Crippen LogP contribution in [0.25, 0.3) is 0 Å². The SMILES string of the molecule is O=C1C(=O)N(CC(=O)N2CCOCC2)c2ccccc21. The molecule has 2 heterocycles. The lowest BCUT2D eigenvalue weighted by Crippen LogP contribution is -2.46. The molecule has 20 heavy (non-hydrogen) atoms. The van der Waals surface area contributed by atoms with E-state index in [9.17, 15) is 14.4 Å². The average Bonchev–Trinajstić information content (AvgIpc) is 2.74. The van der Waals surface area contributed by atoms with Gasteiger partial charge >= 0.3 is 0 Å². The number of para-hydroxylation sites is 1. The Kier molecular flexibility index (Phi) is 3.23. The van der Waals surface area contributed by atoms with Gasteiger partial charge in [0.05, 0.1) is 24.5 Å². The number of fused-ring (bicyclic) bond motifs is 1. The van der Waals surface area contributed by atoms with Crippen LogP contribution in [0.2, 0.25) is 0 Å². The number of ether oxygens (including phenoxy) is 1. The van der Waals surface area contributed by atoms with Gasteiger partial charge in [-0.25, -0.2) is 0 Å². The number of hydrogen-bond donors (Lipinski definition) is 0. The molecule has 1 fully saturated rings. The molecular formula is C14H14N2O4. The molecular weight excluding hydrogens is 260 g/mol. The third kappa shape index (κ3) is 2.08. The summed E-state index contributed by atoms with van der Waals surface area (Å²) in [4.78, 5) is 38.9. The first-order chi connectivity index (χ1) is 9.68. The highest BCUT2D eigenvalue weighted by Gasteiger charge is 2.37. The number of benzene rings is 1. The highest BCUT2D eigenvalue weighted by Crippen LogP contribution is 2.28. The number of carbonyl (C=O) groups excluding carboxylic acids is 3. The molecule has 0 unspecified atom stereocenters. The van der Waals surface area contributed by atoms with Crippen molar-refractivity contribution in [1.82, 2.24) is 4.90 Å². The zero-order valence-electron chi connectivity index (χ0n) is 10.9. The molecule has 0 aliphatic carbocycles. The van der Waals surface area contributed by atoms with Gasteiger partial charge in [0.2, 0.25) is 5.91 Å². The van der Waals surface area contributed by atoms with Gasteiger partial charge in [0.25, 0.3) is 11.7 Å². The second kappa shape index (κ2) is 5.05. The van der Waals surface area contributed by atoms with Gasteiger partial charge in [-0.3, -0.25) is 19.3 Å². The van der Waals surface area contributed by atoms with E-state index in [0.717, 1.165) is 0 Å². The van der Waals surface area contributed by atoms with Crippen LogP contribution in [0, 0.1) is 0 Å². The predicted octanol–water partition coefficient (Wildman–Crippen LogP) is 0.0747. The number of amides is 2. The summed E-state index contributed by atoms with van der Waals surface area (Å²) >= 11 is 0. The van der Waals surface area contributed by atoms with E-state index in [-0.39, 0.29) is 12.5 Å². The van der Waals surface area contributed by atoms with Gasteiger partial charge in [-0.15, -0.1) is 0 Å². The van der Waals surface area contributed by atoms with Gasteiger partial charge in [-0.1, -0.05) is 12.1 Å². The first kappa shape index (κ1) is 12.8. The molecule has 2 aliphatic rings. The van der Waals surface area contributed by atoms with Crippen LogP contribution in [0.5, 0.6) is 0 Å². The van der Waals surface area contributed by atoms with Gasteiger partial charge in [-0.2, -0.15) is 0 Å². The quantitative estimate of drug-likeness (QED) is 0.716. The second-order valence-electron chi connectivity index (χ2n) is 4.73. The van der Waals surface area contributed by atoms with Crippen molar-refractivity contribution in [2.45, 2.75) is 0 Å². The van der Waals surface area contributed by atoms with E-state index in [1.165, 1.54) is 4.90 Å². The average molecular weight is 274 g/mol. The summed E-state index contributed by atoms with van der Waals surface area (Å²) in [5.74, 6) is -1.34. The smallest absolute Gasteiger partial charge is 0.299 e. The van der Waals surface area contributed by atoms with Gasteiger partial charge < -0.3 is 9.64 Å². The molecule has 1 aromatic carbocycles. The van der Waals surface area contributed by atoms with Crippen LogP contribution in [0.15, 0.2) is 24.3 Å². The zero-order valence-corrected chi connectivity index (χ0v) is 10.9. The summed E-state index contributed by atoms with van der Waals surface area (Å²) in [5.41, 5.74) is 0.886. The monoisotopic (exact) mass is 274 g/mol. The van der Waals surface area contributed by atoms with Crippen LogP contribution in [-0.4, -0.2) is 55.3 Å². The van der Waals surface area contributed by atoms with Crippen LogP contribution in [-0.2, 0) is 14.3 Å². The van der Waals surface area contributed by atoms with Gasteiger partial charge in [-0.05, 0) is 12.1 Å². The summed E-state index contributed by atoms with van der Waals surface area (Å²) < 4.78 is 5.19. The predicted molar refractivity (Wildman–Crippen MR) is 70.5 cm³/mol. The number of ketones is 1. The Bertz CT molecular complexity index is 578. The normalized spacial score (nSPS) is 18.4. The molecule has 1 saturated heterocycles. The first-order valence-electron chi connectivity index (χ1n) is 6.49. The van der Waals surface area contributed by atoms with E-state index in [0.29, 0.717) is 37.6 Å². The Morgan fingerprint density at radius 3 is 2.60 bits per heavy atom. The number of rotatable bonds is 2. The van der Waals surface area contributed by atoms with E-state index in [4.69, 9.17) is 4.74 Å². The topological polar surface area (TPSA) is 66.9 Å². The van der Waals surface area contributed by atoms with Gasteiger partial charge in [0, 0.05) is 13.1 Å². The van der Waals surface area contributed by atoms with Crippen molar-refractivity contribution in [3.63, 3.8) is 0 Å². The van der Waals surface area contributed by atoms with Crippen molar-refractivity contribution >= 4 is 23.3 Å². The van der Waals surface area contributed by atoms with E-state index >= 15 is 0 Å². The lowest BCUT2D eigenvalue weighted by Gasteiger charge is -2.28. The van der Waals surface area contributed by atoms with E-state index in [1.807, 2.05) is 0 Å². The summed E-state index contributed by atoms with van der Waals surface area (Å²) in [6.45, 7) is 1.97. The van der Waals surface area contributed by atoms with Gasteiger partial charge in [0.1, 0.15) is 6.54 Å².